The maximum atomic E-state index is 12.9. The second-order valence-electron chi connectivity index (χ2n) is 6.79. The number of benzene rings is 1. The highest BCUT2D eigenvalue weighted by Crippen LogP contribution is 2.21. The van der Waals surface area contributed by atoms with E-state index in [4.69, 9.17) is 0 Å². The lowest BCUT2D eigenvalue weighted by Crippen LogP contribution is -2.50. The minimum atomic E-state index is -0.563. The van der Waals surface area contributed by atoms with Gasteiger partial charge in [0.1, 0.15) is 11.7 Å². The number of hydrogen-bond donors (Lipinski definition) is 3. The Morgan fingerprint density at radius 3 is 2.86 bits per heavy atom. The standard InChI is InChI=1S/C20H25N5O3/c1-2-21-13-14-6-5-7-15(12-14)22-19(27)17-8-3-4-11-25(17)20(28)16-9-10-18(26)24-23-16/h5-7,9-10,12,17,21H,2-4,8,11,13H2,1H3,(H,22,27)(H,24,26). The van der Waals surface area contributed by atoms with Gasteiger partial charge in [-0.25, -0.2) is 5.10 Å². The van der Waals surface area contributed by atoms with Crippen LogP contribution in [-0.2, 0) is 11.3 Å². The molecule has 0 bridgehead atoms. The van der Waals surface area contributed by atoms with Gasteiger partial charge in [0, 0.05) is 24.8 Å². The number of nitrogens with zero attached hydrogens (tertiary/aromatic N) is 2. The number of anilines is 1. The first kappa shape index (κ1) is 19.8. The van der Waals surface area contributed by atoms with Crippen LogP contribution in [0.2, 0.25) is 0 Å². The van der Waals surface area contributed by atoms with Gasteiger partial charge in [-0.2, -0.15) is 5.10 Å². The molecule has 1 aliphatic rings. The topological polar surface area (TPSA) is 107 Å². The third-order valence-electron chi connectivity index (χ3n) is 4.74. The molecular weight excluding hydrogens is 358 g/mol. The van der Waals surface area contributed by atoms with Crippen LogP contribution in [0.4, 0.5) is 5.69 Å². The fourth-order valence-electron chi connectivity index (χ4n) is 3.31. The molecule has 8 heteroatoms. The van der Waals surface area contributed by atoms with Crippen LogP contribution in [-0.4, -0.2) is 46.0 Å². The maximum absolute atomic E-state index is 12.9. The summed E-state index contributed by atoms with van der Waals surface area (Å²) in [5.74, 6) is -0.560. The normalized spacial score (nSPS) is 16.6. The molecule has 1 fully saturated rings. The molecule has 1 aliphatic heterocycles. The molecule has 0 aliphatic carbocycles. The molecular formula is C20H25N5O3. The SMILES string of the molecule is CCNCc1cccc(NC(=O)C2CCCCN2C(=O)c2ccc(=O)[nH]n2)c1. The van der Waals surface area contributed by atoms with Crippen LogP contribution in [0.3, 0.4) is 0 Å². The van der Waals surface area contributed by atoms with Crippen LogP contribution in [0.5, 0.6) is 0 Å². The average Bonchev–Trinajstić information content (AvgIpc) is 2.72. The molecule has 3 rings (SSSR count). The summed E-state index contributed by atoms with van der Waals surface area (Å²) in [6.07, 6.45) is 2.30. The summed E-state index contributed by atoms with van der Waals surface area (Å²) in [6, 6.07) is 9.74. The van der Waals surface area contributed by atoms with Crippen LogP contribution in [0.1, 0.15) is 42.2 Å². The number of hydrogen-bond acceptors (Lipinski definition) is 5. The van der Waals surface area contributed by atoms with Gasteiger partial charge in [0.25, 0.3) is 11.5 Å². The Balaban J connectivity index is 1.72. The lowest BCUT2D eigenvalue weighted by Gasteiger charge is -2.34. The van der Waals surface area contributed by atoms with E-state index in [0.717, 1.165) is 31.5 Å². The largest absolute Gasteiger partial charge is 0.325 e. The Morgan fingerprint density at radius 1 is 1.25 bits per heavy atom. The summed E-state index contributed by atoms with van der Waals surface area (Å²) < 4.78 is 0. The van der Waals surface area contributed by atoms with Crippen LogP contribution < -0.4 is 16.2 Å². The maximum Gasteiger partial charge on any atom is 0.274 e. The van der Waals surface area contributed by atoms with Gasteiger partial charge in [0.05, 0.1) is 0 Å². The Morgan fingerprint density at radius 2 is 2.11 bits per heavy atom. The summed E-state index contributed by atoms with van der Waals surface area (Å²) >= 11 is 0. The number of nitrogens with one attached hydrogen (secondary N) is 3. The molecule has 8 nitrogen and oxygen atoms in total. The molecule has 1 aromatic carbocycles. The highest BCUT2D eigenvalue weighted by Gasteiger charge is 2.33. The van der Waals surface area contributed by atoms with Crippen LogP contribution >= 0.6 is 0 Å². The molecule has 0 spiro atoms. The molecule has 1 unspecified atom stereocenters. The van der Waals surface area contributed by atoms with Gasteiger partial charge in [0.15, 0.2) is 0 Å². The van der Waals surface area contributed by atoms with Crippen molar-refractivity contribution in [2.75, 3.05) is 18.4 Å². The smallest absolute Gasteiger partial charge is 0.274 e. The molecule has 1 saturated heterocycles. The number of piperidine rings is 1. The fraction of sp³-hybridized carbons (Fsp3) is 0.400. The number of rotatable bonds is 6. The summed E-state index contributed by atoms with van der Waals surface area (Å²) in [5.41, 5.74) is 1.54. The van der Waals surface area contributed by atoms with Gasteiger partial charge in [-0.15, -0.1) is 0 Å². The second-order valence-corrected chi connectivity index (χ2v) is 6.79. The van der Waals surface area contributed by atoms with Gasteiger partial charge < -0.3 is 15.5 Å². The van der Waals surface area contributed by atoms with Gasteiger partial charge in [-0.05, 0) is 49.6 Å². The van der Waals surface area contributed by atoms with Crippen molar-refractivity contribution in [3.8, 4) is 0 Å². The lowest BCUT2D eigenvalue weighted by atomic mass is 10.0. The number of aromatic amines is 1. The van der Waals surface area contributed by atoms with Gasteiger partial charge in [-0.3, -0.25) is 14.4 Å². The highest BCUT2D eigenvalue weighted by molar-refractivity contribution is 6.00. The third kappa shape index (κ3) is 4.83. The van der Waals surface area contributed by atoms with Crippen molar-refractivity contribution in [1.82, 2.24) is 20.4 Å². The minimum Gasteiger partial charge on any atom is -0.325 e. The quantitative estimate of drug-likeness (QED) is 0.701. The zero-order chi connectivity index (χ0) is 19.9. The van der Waals surface area contributed by atoms with Crippen LogP contribution in [0.15, 0.2) is 41.2 Å². The molecule has 2 aromatic rings. The Kier molecular flexibility index (Phi) is 6.54. The van der Waals surface area contributed by atoms with E-state index in [-0.39, 0.29) is 23.1 Å². The summed E-state index contributed by atoms with van der Waals surface area (Å²) in [4.78, 5) is 38.4. The van der Waals surface area contributed by atoms with Crippen molar-refractivity contribution in [3.05, 3.63) is 58.0 Å². The molecule has 1 aromatic heterocycles. The molecule has 148 valence electrons. The summed E-state index contributed by atoms with van der Waals surface area (Å²) in [7, 11) is 0. The van der Waals surface area contributed by atoms with Crippen molar-refractivity contribution in [2.45, 2.75) is 38.8 Å². The summed E-state index contributed by atoms with van der Waals surface area (Å²) in [6.45, 7) is 4.12. The molecule has 28 heavy (non-hydrogen) atoms. The summed E-state index contributed by atoms with van der Waals surface area (Å²) in [5, 5.41) is 12.3. The monoisotopic (exact) mass is 383 g/mol. The van der Waals surface area contributed by atoms with E-state index in [1.54, 1.807) is 4.90 Å². The predicted octanol–water partition coefficient (Wildman–Crippen LogP) is 1.51. The number of H-pyrrole nitrogens is 1. The van der Waals surface area contributed by atoms with E-state index in [0.29, 0.717) is 18.7 Å². The second kappa shape index (κ2) is 9.27. The van der Waals surface area contributed by atoms with Gasteiger partial charge >= 0.3 is 0 Å². The van der Waals surface area contributed by atoms with Crippen molar-refractivity contribution in [3.63, 3.8) is 0 Å². The predicted molar refractivity (Wildman–Crippen MR) is 106 cm³/mol. The Labute approximate surface area is 163 Å². The minimum absolute atomic E-state index is 0.131. The van der Waals surface area contributed by atoms with Crippen molar-refractivity contribution in [1.29, 1.82) is 0 Å². The molecule has 3 N–H and O–H groups in total. The number of carbonyl (C=O) groups is 2. The van der Waals surface area contributed by atoms with E-state index >= 15 is 0 Å². The van der Waals surface area contributed by atoms with E-state index in [1.165, 1.54) is 12.1 Å². The number of aromatic nitrogens is 2. The van der Waals surface area contributed by atoms with Crippen molar-refractivity contribution < 1.29 is 9.59 Å². The number of likely N-dealkylation sites (tertiary alicyclic amines) is 1. The van der Waals surface area contributed by atoms with Crippen LogP contribution in [0, 0.1) is 0 Å². The van der Waals surface area contributed by atoms with Crippen molar-refractivity contribution >= 4 is 17.5 Å². The highest BCUT2D eigenvalue weighted by atomic mass is 16.2. The first-order valence-electron chi connectivity index (χ1n) is 9.55. The Bertz CT molecular complexity index is 875. The number of carbonyl (C=O) groups excluding carboxylic acids is 2. The van der Waals surface area contributed by atoms with Gasteiger partial charge in [0.2, 0.25) is 5.91 Å². The molecule has 2 amide bonds. The lowest BCUT2D eigenvalue weighted by molar-refractivity contribution is -0.121. The average molecular weight is 383 g/mol. The van der Waals surface area contributed by atoms with E-state index < -0.39 is 6.04 Å². The fourth-order valence-corrected chi connectivity index (χ4v) is 3.31. The van der Waals surface area contributed by atoms with E-state index in [2.05, 4.69) is 20.8 Å². The zero-order valence-corrected chi connectivity index (χ0v) is 15.9. The zero-order valence-electron chi connectivity index (χ0n) is 15.9. The Hall–Kier alpha value is -3.00. The molecule has 2 heterocycles. The molecule has 1 atom stereocenters. The molecule has 0 saturated carbocycles. The molecule has 0 radical (unpaired) electrons. The first-order valence-corrected chi connectivity index (χ1v) is 9.55. The van der Waals surface area contributed by atoms with Crippen molar-refractivity contribution in [2.24, 2.45) is 0 Å². The van der Waals surface area contributed by atoms with E-state index in [9.17, 15) is 14.4 Å². The third-order valence-corrected chi connectivity index (χ3v) is 4.74. The van der Waals surface area contributed by atoms with E-state index in [1.807, 2.05) is 31.2 Å². The van der Waals surface area contributed by atoms with Crippen LogP contribution in [0.25, 0.3) is 0 Å². The van der Waals surface area contributed by atoms with Gasteiger partial charge in [-0.1, -0.05) is 19.1 Å². The first-order chi connectivity index (χ1) is 13.6. The number of amides is 2.